The second-order valence-electron chi connectivity index (χ2n) is 5.20. The van der Waals surface area contributed by atoms with Crippen molar-refractivity contribution >= 4 is 34.5 Å². The number of alkyl halides is 1. The molecule has 0 amide bonds. The van der Waals surface area contributed by atoms with E-state index in [1.54, 1.807) is 11.3 Å². The highest BCUT2D eigenvalue weighted by molar-refractivity contribution is 7.16. The first-order valence-corrected chi connectivity index (χ1v) is 7.71. The fourth-order valence-corrected chi connectivity index (χ4v) is 5.12. The average molecular weight is 275 g/mol. The van der Waals surface area contributed by atoms with E-state index in [2.05, 4.69) is 13.0 Å². The SMILES string of the molecule is Cc1cc(C(Cl)C2C3CCCCC32)sc1Cl. The second-order valence-corrected chi connectivity index (χ2v) is 7.35. The summed E-state index contributed by atoms with van der Waals surface area (Å²) in [6, 6.07) is 2.18. The van der Waals surface area contributed by atoms with Crippen LogP contribution in [0.25, 0.3) is 0 Å². The van der Waals surface area contributed by atoms with Crippen LogP contribution in [0, 0.1) is 24.7 Å². The van der Waals surface area contributed by atoms with E-state index in [0.29, 0.717) is 0 Å². The molecular formula is C13H16Cl2S. The monoisotopic (exact) mass is 274 g/mol. The summed E-state index contributed by atoms with van der Waals surface area (Å²) in [6.07, 6.45) is 5.62. The van der Waals surface area contributed by atoms with Crippen LogP contribution in [0.1, 0.15) is 41.5 Å². The number of hydrogen-bond acceptors (Lipinski definition) is 1. The Morgan fingerprint density at radius 3 is 2.44 bits per heavy atom. The second kappa shape index (κ2) is 4.19. The van der Waals surface area contributed by atoms with E-state index in [9.17, 15) is 0 Å². The molecule has 0 nitrogen and oxygen atoms in total. The molecule has 0 saturated heterocycles. The number of aryl methyl sites for hydroxylation is 1. The highest BCUT2D eigenvalue weighted by Crippen LogP contribution is 2.62. The van der Waals surface area contributed by atoms with Gasteiger partial charge in [0.1, 0.15) is 0 Å². The molecule has 2 aliphatic rings. The molecule has 0 aromatic carbocycles. The van der Waals surface area contributed by atoms with Crippen LogP contribution >= 0.6 is 34.5 Å². The minimum Gasteiger partial charge on any atom is -0.127 e. The summed E-state index contributed by atoms with van der Waals surface area (Å²) >= 11 is 14.4. The fraction of sp³-hybridized carbons (Fsp3) is 0.692. The Bertz CT molecular complexity index is 367. The van der Waals surface area contributed by atoms with Crippen molar-refractivity contribution in [2.45, 2.75) is 38.0 Å². The minimum atomic E-state index is 0.212. The first kappa shape index (κ1) is 11.4. The third-order valence-corrected chi connectivity index (χ3v) is 6.50. The molecule has 2 fully saturated rings. The van der Waals surface area contributed by atoms with Crippen LogP contribution in [-0.4, -0.2) is 0 Å². The zero-order valence-corrected chi connectivity index (χ0v) is 11.7. The van der Waals surface area contributed by atoms with Crippen molar-refractivity contribution in [3.8, 4) is 0 Å². The van der Waals surface area contributed by atoms with Gasteiger partial charge in [0.25, 0.3) is 0 Å². The normalized spacial score (nSPS) is 34.6. The summed E-state index contributed by atoms with van der Waals surface area (Å²) in [5.74, 6) is 2.56. The van der Waals surface area contributed by atoms with Crippen molar-refractivity contribution in [3.63, 3.8) is 0 Å². The van der Waals surface area contributed by atoms with Crippen molar-refractivity contribution < 1.29 is 0 Å². The Hall–Kier alpha value is 0.280. The maximum absolute atomic E-state index is 6.62. The van der Waals surface area contributed by atoms with Gasteiger partial charge in [-0.3, -0.25) is 0 Å². The molecule has 0 spiro atoms. The molecular weight excluding hydrogens is 259 g/mol. The Morgan fingerprint density at radius 2 is 1.94 bits per heavy atom. The van der Waals surface area contributed by atoms with Crippen LogP contribution in [0.2, 0.25) is 4.34 Å². The van der Waals surface area contributed by atoms with E-state index in [4.69, 9.17) is 23.2 Å². The minimum absolute atomic E-state index is 0.212. The maximum Gasteiger partial charge on any atom is 0.0960 e. The molecule has 16 heavy (non-hydrogen) atoms. The van der Waals surface area contributed by atoms with Gasteiger partial charge in [-0.15, -0.1) is 22.9 Å². The van der Waals surface area contributed by atoms with Crippen molar-refractivity contribution in [1.82, 2.24) is 0 Å². The molecule has 1 aromatic rings. The van der Waals surface area contributed by atoms with Crippen molar-refractivity contribution in [2.24, 2.45) is 17.8 Å². The van der Waals surface area contributed by atoms with E-state index >= 15 is 0 Å². The van der Waals surface area contributed by atoms with Crippen LogP contribution in [0.5, 0.6) is 0 Å². The van der Waals surface area contributed by atoms with Gasteiger partial charge < -0.3 is 0 Å². The van der Waals surface area contributed by atoms with Gasteiger partial charge in [0, 0.05) is 4.88 Å². The van der Waals surface area contributed by atoms with Gasteiger partial charge in [0.05, 0.1) is 9.71 Å². The van der Waals surface area contributed by atoms with Crippen molar-refractivity contribution in [3.05, 3.63) is 20.8 Å². The molecule has 0 N–H and O–H groups in total. The quantitative estimate of drug-likeness (QED) is 0.632. The van der Waals surface area contributed by atoms with Gasteiger partial charge >= 0.3 is 0 Å². The van der Waals surface area contributed by atoms with E-state index in [-0.39, 0.29) is 5.38 Å². The van der Waals surface area contributed by atoms with E-state index in [1.165, 1.54) is 36.1 Å². The zero-order chi connectivity index (χ0) is 11.3. The number of fused-ring (bicyclic) bond motifs is 1. The predicted molar refractivity (Wildman–Crippen MR) is 71.6 cm³/mol. The molecule has 1 heterocycles. The highest BCUT2D eigenvalue weighted by atomic mass is 35.5. The van der Waals surface area contributed by atoms with Gasteiger partial charge in [0.2, 0.25) is 0 Å². The van der Waals surface area contributed by atoms with E-state index < -0.39 is 0 Å². The molecule has 0 aliphatic heterocycles. The average Bonchev–Trinajstić information content (AvgIpc) is 2.91. The van der Waals surface area contributed by atoms with Crippen LogP contribution in [-0.2, 0) is 0 Å². The third-order valence-electron chi connectivity index (χ3n) is 4.21. The van der Waals surface area contributed by atoms with E-state index in [0.717, 1.165) is 22.1 Å². The van der Waals surface area contributed by atoms with Gasteiger partial charge in [0.15, 0.2) is 0 Å². The molecule has 2 aliphatic carbocycles. The van der Waals surface area contributed by atoms with Crippen molar-refractivity contribution in [1.29, 1.82) is 0 Å². The summed E-state index contributed by atoms with van der Waals surface area (Å²) in [7, 11) is 0. The first-order chi connectivity index (χ1) is 7.68. The molecule has 2 saturated carbocycles. The molecule has 88 valence electrons. The predicted octanol–water partition coefficient (Wildman–Crippen LogP) is 5.43. The number of hydrogen-bond donors (Lipinski definition) is 0. The molecule has 3 atom stereocenters. The smallest absolute Gasteiger partial charge is 0.0960 e. The van der Waals surface area contributed by atoms with E-state index in [1.807, 2.05) is 0 Å². The zero-order valence-electron chi connectivity index (χ0n) is 9.38. The van der Waals surface area contributed by atoms with Crippen LogP contribution in [0.4, 0.5) is 0 Å². The Kier molecular flexibility index (Phi) is 2.98. The molecule has 3 rings (SSSR count). The standard InChI is InChI=1S/C13H16Cl2S/c1-7-6-10(16-13(7)15)12(14)11-8-4-2-3-5-9(8)11/h6,8-9,11-12H,2-5H2,1H3. The topological polar surface area (TPSA) is 0 Å². The maximum atomic E-state index is 6.62. The number of rotatable bonds is 2. The Labute approximate surface area is 111 Å². The van der Waals surface area contributed by atoms with Crippen molar-refractivity contribution in [2.75, 3.05) is 0 Å². The summed E-state index contributed by atoms with van der Waals surface area (Å²) < 4.78 is 0.907. The lowest BCUT2D eigenvalue weighted by Crippen LogP contribution is -1.92. The highest BCUT2D eigenvalue weighted by Gasteiger charge is 2.54. The molecule has 0 radical (unpaired) electrons. The van der Waals surface area contributed by atoms with Crippen LogP contribution < -0.4 is 0 Å². The summed E-state index contributed by atoms with van der Waals surface area (Å²) in [4.78, 5) is 1.28. The summed E-state index contributed by atoms with van der Waals surface area (Å²) in [5.41, 5.74) is 1.18. The molecule has 0 bridgehead atoms. The lowest BCUT2D eigenvalue weighted by atomic mass is 10.0. The van der Waals surface area contributed by atoms with Gasteiger partial charge in [-0.2, -0.15) is 0 Å². The molecule has 3 heteroatoms. The number of halogens is 2. The largest absolute Gasteiger partial charge is 0.127 e. The lowest BCUT2D eigenvalue weighted by molar-refractivity contribution is 0.480. The van der Waals surface area contributed by atoms with Crippen LogP contribution in [0.15, 0.2) is 6.07 Å². The Morgan fingerprint density at radius 1 is 1.31 bits per heavy atom. The summed E-state index contributed by atoms with van der Waals surface area (Å²) in [6.45, 7) is 2.06. The molecule has 3 unspecified atom stereocenters. The number of thiophene rings is 1. The fourth-order valence-electron chi connectivity index (χ4n) is 3.29. The third kappa shape index (κ3) is 1.81. The van der Waals surface area contributed by atoms with Gasteiger partial charge in [-0.25, -0.2) is 0 Å². The lowest BCUT2D eigenvalue weighted by Gasteiger charge is -2.05. The van der Waals surface area contributed by atoms with Crippen LogP contribution in [0.3, 0.4) is 0 Å². The molecule has 1 aromatic heterocycles. The summed E-state index contributed by atoms with van der Waals surface area (Å²) in [5, 5.41) is 0.212. The van der Waals surface area contributed by atoms with Gasteiger partial charge in [-0.05, 0) is 49.1 Å². The van der Waals surface area contributed by atoms with Gasteiger partial charge in [-0.1, -0.05) is 24.4 Å². The Balaban J connectivity index is 1.76. The first-order valence-electron chi connectivity index (χ1n) is 6.08.